The standard InChI is InChI=1S/C20H19N3O3/c1-25-18-4-2-3-15-11-16(12-26-19(15)18)22-20(24)14-5-7-17(8-6-14)23-10-9-21-13-23/h2-10,13,16H,11-12H2,1H3,(H,22,24)/t16-/m0/s1. The number of carbonyl (C=O) groups is 1. The summed E-state index contributed by atoms with van der Waals surface area (Å²) in [4.78, 5) is 16.6. The zero-order valence-electron chi connectivity index (χ0n) is 14.4. The van der Waals surface area contributed by atoms with E-state index in [2.05, 4.69) is 10.3 Å². The van der Waals surface area contributed by atoms with Gasteiger partial charge in [-0.1, -0.05) is 12.1 Å². The predicted molar refractivity (Wildman–Crippen MR) is 97.0 cm³/mol. The Hall–Kier alpha value is -3.28. The highest BCUT2D eigenvalue weighted by Gasteiger charge is 2.24. The molecule has 0 fully saturated rings. The van der Waals surface area contributed by atoms with E-state index in [9.17, 15) is 4.79 Å². The number of rotatable bonds is 4. The molecule has 1 aliphatic heterocycles. The average Bonchev–Trinajstić information content (AvgIpc) is 3.22. The number of amides is 1. The highest BCUT2D eigenvalue weighted by molar-refractivity contribution is 5.94. The van der Waals surface area contributed by atoms with Crippen molar-refractivity contribution in [1.82, 2.24) is 14.9 Å². The van der Waals surface area contributed by atoms with Crippen LogP contribution >= 0.6 is 0 Å². The van der Waals surface area contributed by atoms with Crippen LogP contribution in [0, 0.1) is 0 Å². The Morgan fingerprint density at radius 2 is 2.12 bits per heavy atom. The quantitative estimate of drug-likeness (QED) is 0.786. The van der Waals surface area contributed by atoms with Crippen LogP contribution in [0.1, 0.15) is 15.9 Å². The van der Waals surface area contributed by atoms with Crippen LogP contribution in [0.25, 0.3) is 5.69 Å². The van der Waals surface area contributed by atoms with E-state index in [1.54, 1.807) is 19.6 Å². The molecule has 0 bridgehead atoms. The van der Waals surface area contributed by atoms with Crippen molar-refractivity contribution in [2.45, 2.75) is 12.5 Å². The average molecular weight is 349 g/mol. The minimum atomic E-state index is -0.109. The third-order valence-electron chi connectivity index (χ3n) is 4.44. The fourth-order valence-electron chi connectivity index (χ4n) is 3.11. The zero-order chi connectivity index (χ0) is 17.9. The molecule has 1 aliphatic rings. The summed E-state index contributed by atoms with van der Waals surface area (Å²) in [7, 11) is 1.63. The molecule has 0 saturated heterocycles. The van der Waals surface area contributed by atoms with E-state index < -0.39 is 0 Å². The number of hydrogen-bond donors (Lipinski definition) is 1. The van der Waals surface area contributed by atoms with Crippen LogP contribution in [-0.2, 0) is 6.42 Å². The van der Waals surface area contributed by atoms with Gasteiger partial charge in [0.2, 0.25) is 0 Å². The summed E-state index contributed by atoms with van der Waals surface area (Å²) >= 11 is 0. The van der Waals surface area contributed by atoms with Crippen LogP contribution in [0.15, 0.2) is 61.2 Å². The number of imidazole rings is 1. The molecule has 0 saturated carbocycles. The number of carbonyl (C=O) groups excluding carboxylic acids is 1. The maximum atomic E-state index is 12.5. The molecule has 0 spiro atoms. The summed E-state index contributed by atoms with van der Waals surface area (Å²) in [5.41, 5.74) is 2.61. The van der Waals surface area contributed by atoms with Crippen molar-refractivity contribution in [2.24, 2.45) is 0 Å². The monoisotopic (exact) mass is 349 g/mol. The largest absolute Gasteiger partial charge is 0.493 e. The molecule has 1 atom stereocenters. The van der Waals surface area contributed by atoms with Gasteiger partial charge < -0.3 is 19.4 Å². The second-order valence-corrected chi connectivity index (χ2v) is 6.15. The van der Waals surface area contributed by atoms with Gasteiger partial charge in [-0.05, 0) is 36.8 Å². The summed E-state index contributed by atoms with van der Waals surface area (Å²) in [5, 5.41) is 3.04. The number of para-hydroxylation sites is 1. The number of nitrogens with zero attached hydrogens (tertiary/aromatic N) is 2. The smallest absolute Gasteiger partial charge is 0.251 e. The number of nitrogens with one attached hydrogen (secondary N) is 1. The third kappa shape index (κ3) is 3.13. The lowest BCUT2D eigenvalue weighted by Crippen LogP contribution is -2.42. The van der Waals surface area contributed by atoms with Crippen molar-refractivity contribution in [2.75, 3.05) is 13.7 Å². The van der Waals surface area contributed by atoms with Gasteiger partial charge in [0.15, 0.2) is 11.5 Å². The maximum Gasteiger partial charge on any atom is 0.251 e. The number of hydrogen-bond acceptors (Lipinski definition) is 4. The second kappa shape index (κ2) is 6.92. The van der Waals surface area contributed by atoms with Crippen LogP contribution in [0.3, 0.4) is 0 Å². The Bertz CT molecular complexity index is 905. The molecule has 1 aromatic heterocycles. The zero-order valence-corrected chi connectivity index (χ0v) is 14.4. The van der Waals surface area contributed by atoms with Gasteiger partial charge in [0, 0.05) is 29.2 Å². The fourth-order valence-corrected chi connectivity index (χ4v) is 3.11. The molecule has 6 heteroatoms. The number of ether oxygens (including phenoxy) is 2. The summed E-state index contributed by atoms with van der Waals surface area (Å²) < 4.78 is 13.0. The first-order valence-electron chi connectivity index (χ1n) is 8.42. The first-order chi connectivity index (χ1) is 12.7. The SMILES string of the molecule is COc1cccc2c1OC[C@@H](NC(=O)c1ccc(-n3ccnc3)cc1)C2. The first-order valence-corrected chi connectivity index (χ1v) is 8.42. The van der Waals surface area contributed by atoms with Gasteiger partial charge in [-0.2, -0.15) is 0 Å². The van der Waals surface area contributed by atoms with Gasteiger partial charge in [-0.15, -0.1) is 0 Å². The fraction of sp³-hybridized carbons (Fsp3) is 0.200. The molecule has 26 heavy (non-hydrogen) atoms. The van der Waals surface area contributed by atoms with E-state index in [0.717, 1.165) is 22.7 Å². The van der Waals surface area contributed by atoms with Crippen LogP contribution in [0.5, 0.6) is 11.5 Å². The Morgan fingerprint density at radius 3 is 2.85 bits per heavy atom. The van der Waals surface area contributed by atoms with Crippen molar-refractivity contribution in [3.8, 4) is 17.2 Å². The molecule has 132 valence electrons. The Morgan fingerprint density at radius 1 is 1.27 bits per heavy atom. The van der Waals surface area contributed by atoms with Crippen LogP contribution in [0.2, 0.25) is 0 Å². The van der Waals surface area contributed by atoms with Crippen molar-refractivity contribution in [3.05, 3.63) is 72.3 Å². The molecule has 0 unspecified atom stereocenters. The number of fused-ring (bicyclic) bond motifs is 1. The lowest BCUT2D eigenvalue weighted by Gasteiger charge is -2.27. The molecule has 0 aliphatic carbocycles. The first kappa shape index (κ1) is 16.2. The lowest BCUT2D eigenvalue weighted by molar-refractivity contribution is 0.0914. The Kier molecular flexibility index (Phi) is 4.31. The van der Waals surface area contributed by atoms with E-state index in [0.29, 0.717) is 18.6 Å². The molecule has 4 rings (SSSR count). The van der Waals surface area contributed by atoms with E-state index in [4.69, 9.17) is 9.47 Å². The summed E-state index contributed by atoms with van der Waals surface area (Å²) in [6, 6.07) is 13.1. The Labute approximate surface area is 151 Å². The van der Waals surface area contributed by atoms with Crippen LogP contribution < -0.4 is 14.8 Å². The normalized spacial score (nSPS) is 15.7. The van der Waals surface area contributed by atoms with Gasteiger partial charge in [0.25, 0.3) is 5.91 Å². The van der Waals surface area contributed by atoms with Crippen LogP contribution in [-0.4, -0.2) is 35.2 Å². The topological polar surface area (TPSA) is 65.4 Å². The van der Waals surface area contributed by atoms with Crippen LogP contribution in [0.4, 0.5) is 0 Å². The minimum Gasteiger partial charge on any atom is -0.493 e. The number of methoxy groups -OCH3 is 1. The summed E-state index contributed by atoms with van der Waals surface area (Å²) in [6.45, 7) is 0.423. The van der Waals surface area contributed by atoms with E-state index in [1.165, 1.54) is 0 Å². The second-order valence-electron chi connectivity index (χ2n) is 6.15. The molecule has 6 nitrogen and oxygen atoms in total. The van der Waals surface area contributed by atoms with Gasteiger partial charge >= 0.3 is 0 Å². The van der Waals surface area contributed by atoms with E-state index in [-0.39, 0.29) is 11.9 Å². The highest BCUT2D eigenvalue weighted by Crippen LogP contribution is 2.34. The molecule has 1 amide bonds. The van der Waals surface area contributed by atoms with Crippen molar-refractivity contribution in [1.29, 1.82) is 0 Å². The lowest BCUT2D eigenvalue weighted by atomic mass is 10.0. The van der Waals surface area contributed by atoms with E-state index >= 15 is 0 Å². The molecule has 3 aromatic rings. The van der Waals surface area contributed by atoms with E-state index in [1.807, 2.05) is 53.2 Å². The van der Waals surface area contributed by atoms with Gasteiger partial charge in [0.1, 0.15) is 6.61 Å². The molecular weight excluding hydrogens is 330 g/mol. The number of aromatic nitrogens is 2. The maximum absolute atomic E-state index is 12.5. The van der Waals surface area contributed by atoms with Gasteiger partial charge in [-0.3, -0.25) is 4.79 Å². The molecular formula is C20H19N3O3. The van der Waals surface area contributed by atoms with Gasteiger partial charge in [0.05, 0.1) is 19.5 Å². The number of benzene rings is 2. The van der Waals surface area contributed by atoms with Crippen molar-refractivity contribution in [3.63, 3.8) is 0 Å². The van der Waals surface area contributed by atoms with Gasteiger partial charge in [-0.25, -0.2) is 4.98 Å². The predicted octanol–water partition coefficient (Wildman–Crippen LogP) is 2.61. The van der Waals surface area contributed by atoms with Crippen molar-refractivity contribution >= 4 is 5.91 Å². The highest BCUT2D eigenvalue weighted by atomic mass is 16.5. The Balaban J connectivity index is 1.44. The summed E-state index contributed by atoms with van der Waals surface area (Å²) in [5.74, 6) is 1.38. The molecule has 2 heterocycles. The minimum absolute atomic E-state index is 0.0737. The molecule has 0 radical (unpaired) electrons. The summed E-state index contributed by atoms with van der Waals surface area (Å²) in [6.07, 6.45) is 6.02. The molecule has 2 aromatic carbocycles. The van der Waals surface area contributed by atoms with Crippen molar-refractivity contribution < 1.29 is 14.3 Å². The molecule has 1 N–H and O–H groups in total. The third-order valence-corrected chi connectivity index (χ3v) is 4.44.